The van der Waals surface area contributed by atoms with Gasteiger partial charge in [-0.2, -0.15) is 17.5 Å². The van der Waals surface area contributed by atoms with E-state index in [0.29, 0.717) is 22.3 Å². The van der Waals surface area contributed by atoms with Crippen molar-refractivity contribution >= 4 is 45.5 Å². The van der Waals surface area contributed by atoms with E-state index < -0.39 is 10.8 Å². The summed E-state index contributed by atoms with van der Waals surface area (Å²) in [5.74, 6) is -0.372. The molecule has 0 amide bonds. The van der Waals surface area contributed by atoms with Crippen molar-refractivity contribution in [1.82, 2.24) is 17.5 Å². The van der Waals surface area contributed by atoms with E-state index in [1.165, 1.54) is 203 Å². The normalized spacial score (nSPS) is 14.2. The highest BCUT2D eigenvalue weighted by molar-refractivity contribution is 7.00. The van der Waals surface area contributed by atoms with E-state index in [0.717, 1.165) is 132 Å². The van der Waals surface area contributed by atoms with Gasteiger partial charge in [0.05, 0.1) is 23.5 Å². The van der Waals surface area contributed by atoms with Gasteiger partial charge in [-0.1, -0.05) is 271 Å². The molecule has 3 aromatic carbocycles. The molecule has 0 N–H and O–H groups in total. The van der Waals surface area contributed by atoms with Gasteiger partial charge < -0.3 is 0 Å². The number of halogens is 2. The maximum atomic E-state index is 19.6. The lowest BCUT2D eigenvalue weighted by Crippen LogP contribution is -2.29. The van der Waals surface area contributed by atoms with Crippen LogP contribution in [0.1, 0.15) is 318 Å². The summed E-state index contributed by atoms with van der Waals surface area (Å²) in [6.07, 6.45) is 47.5. The van der Waals surface area contributed by atoms with Crippen molar-refractivity contribution in [3.8, 4) is 22.3 Å². The fourth-order valence-corrected chi connectivity index (χ4v) is 15.2. The molecule has 2 aromatic heterocycles. The van der Waals surface area contributed by atoms with Crippen LogP contribution in [-0.2, 0) is 10.8 Å². The van der Waals surface area contributed by atoms with E-state index in [1.54, 1.807) is 0 Å². The molecule has 5 aromatic rings. The van der Waals surface area contributed by atoms with Crippen LogP contribution >= 0.6 is 23.5 Å². The molecule has 0 saturated carbocycles. The van der Waals surface area contributed by atoms with E-state index >= 15 is 8.78 Å². The second-order valence-electron chi connectivity index (χ2n) is 23.8. The minimum atomic E-state index is -0.667. The van der Waals surface area contributed by atoms with Crippen LogP contribution in [-0.4, -0.2) is 17.5 Å². The Bertz CT molecular complexity index is 2250. The Morgan fingerprint density at radius 1 is 0.324 bits per heavy atom. The number of hydrogen-bond acceptors (Lipinski definition) is 6. The first-order valence-corrected chi connectivity index (χ1v) is 32.9. The fraction of sp³-hybridized carbons (Fsp3) is 0.727. The Balaban J connectivity index is 1.34. The molecule has 0 unspecified atom stereocenters. The van der Waals surface area contributed by atoms with Gasteiger partial charge in [-0.25, -0.2) is 8.78 Å². The molecule has 0 saturated heterocycles. The lowest BCUT2D eigenvalue weighted by molar-refractivity contribution is 0.374. The summed E-state index contributed by atoms with van der Waals surface area (Å²) in [5, 5.41) is 0. The molecular weight excluding hydrogens is 951 g/mol. The molecule has 7 rings (SSSR count). The van der Waals surface area contributed by atoms with Crippen molar-refractivity contribution < 1.29 is 8.78 Å². The van der Waals surface area contributed by atoms with Crippen molar-refractivity contribution in [3.63, 3.8) is 0 Å². The Morgan fingerprint density at radius 2 is 0.554 bits per heavy atom. The molecule has 2 aliphatic carbocycles. The number of nitrogens with zero attached hydrogens (tertiary/aromatic N) is 4. The maximum absolute atomic E-state index is 19.6. The van der Waals surface area contributed by atoms with Crippen molar-refractivity contribution in [1.29, 1.82) is 0 Å². The molecule has 0 bridgehead atoms. The lowest BCUT2D eigenvalue weighted by atomic mass is 9.68. The number of rotatable bonds is 40. The summed E-state index contributed by atoms with van der Waals surface area (Å²) < 4.78 is 59.1. The SMILES string of the molecule is CCCCCCCCCCCC1(CCCCCCCCCCC)c2cc(C)c3nsnc3c2-c2c(F)c3c(c(F)c21)-c1c(cc(C)c2nsnc12)C3(CCCCCCCCCCC)CCCCCCCCCCC. The molecule has 4 nitrogen and oxygen atoms in total. The second-order valence-corrected chi connectivity index (χ2v) is 24.8. The van der Waals surface area contributed by atoms with Gasteiger partial charge in [0.25, 0.3) is 0 Å². The van der Waals surface area contributed by atoms with Crippen LogP contribution in [0.3, 0.4) is 0 Å². The van der Waals surface area contributed by atoms with Crippen LogP contribution < -0.4 is 0 Å². The van der Waals surface area contributed by atoms with Gasteiger partial charge in [0.2, 0.25) is 0 Å². The Hall–Kier alpha value is -2.84. The Labute approximate surface area is 457 Å². The number of hydrogen-bond donors (Lipinski definition) is 0. The predicted octanol–water partition coefficient (Wildman–Crippen LogP) is 22.8. The largest absolute Gasteiger partial charge is 0.206 e. The molecule has 74 heavy (non-hydrogen) atoms. The minimum Gasteiger partial charge on any atom is -0.206 e. The topological polar surface area (TPSA) is 51.6 Å². The molecule has 0 fully saturated rings. The lowest BCUT2D eigenvalue weighted by Gasteiger charge is -2.35. The molecule has 410 valence electrons. The van der Waals surface area contributed by atoms with Crippen molar-refractivity contribution in [2.75, 3.05) is 0 Å². The van der Waals surface area contributed by atoms with Gasteiger partial charge in [0.1, 0.15) is 33.7 Å². The van der Waals surface area contributed by atoms with Gasteiger partial charge in [-0.15, -0.1) is 0 Å². The van der Waals surface area contributed by atoms with Gasteiger partial charge >= 0.3 is 0 Å². The first-order chi connectivity index (χ1) is 36.3. The maximum Gasteiger partial charge on any atom is 0.136 e. The number of aryl methyl sites for hydroxylation is 2. The van der Waals surface area contributed by atoms with Crippen LogP contribution in [0.25, 0.3) is 44.3 Å². The van der Waals surface area contributed by atoms with Crippen molar-refractivity contribution in [2.24, 2.45) is 0 Å². The van der Waals surface area contributed by atoms with Crippen LogP contribution in [0.5, 0.6) is 0 Å². The Kier molecular flexibility index (Phi) is 24.1. The predicted molar refractivity (Wildman–Crippen MR) is 318 cm³/mol. The third-order valence-electron chi connectivity index (χ3n) is 18.2. The van der Waals surface area contributed by atoms with Crippen LogP contribution in [0.2, 0.25) is 0 Å². The molecule has 2 aliphatic rings. The Morgan fingerprint density at radius 3 is 0.811 bits per heavy atom. The zero-order valence-electron chi connectivity index (χ0n) is 47.8. The number of benzene rings is 3. The summed E-state index contributed by atoms with van der Waals surface area (Å²) in [5.41, 5.74) is 10.2. The summed E-state index contributed by atoms with van der Waals surface area (Å²) in [4.78, 5) is 0. The molecular formula is C66H100F2N4S2. The third-order valence-corrected chi connectivity index (χ3v) is 19.2. The van der Waals surface area contributed by atoms with E-state index in [4.69, 9.17) is 17.5 Å². The molecule has 0 aliphatic heterocycles. The van der Waals surface area contributed by atoms with Crippen LogP contribution in [0.15, 0.2) is 12.1 Å². The standard InChI is InChI=1S/C66H100F2N4S2/c1-7-11-15-19-23-27-31-35-39-43-65(44-40-36-32-28-24-20-16-12-8-2)51-47-49(5)61-63(71-73-69-61)53(51)55-57(65)59(67)56-54-52(48-50(6)62-64(54)72-74-70-62)66(58(56)60(55)68,45-41-37-33-29-25-21-17-13-9-3)46-42-38-34-30-26-22-18-14-10-4/h47-48H,7-46H2,1-6H3. The molecule has 0 spiro atoms. The monoisotopic (exact) mass is 1050 g/mol. The quantitative estimate of drug-likeness (QED) is 0.0367. The van der Waals surface area contributed by atoms with E-state index in [1.807, 2.05) is 0 Å². The summed E-state index contributed by atoms with van der Waals surface area (Å²) in [6, 6.07) is 4.62. The second kappa shape index (κ2) is 30.3. The van der Waals surface area contributed by atoms with Gasteiger partial charge in [-0.05, 0) is 61.8 Å². The van der Waals surface area contributed by atoms with Crippen LogP contribution in [0, 0.1) is 25.5 Å². The average molecular weight is 1050 g/mol. The number of aromatic nitrogens is 4. The zero-order valence-corrected chi connectivity index (χ0v) is 49.4. The molecule has 0 atom stereocenters. The van der Waals surface area contributed by atoms with Gasteiger partial charge in [-0.3, -0.25) is 0 Å². The fourth-order valence-electron chi connectivity index (χ4n) is 14.0. The third kappa shape index (κ3) is 13.7. The highest BCUT2D eigenvalue weighted by atomic mass is 32.1. The van der Waals surface area contributed by atoms with E-state index in [9.17, 15) is 0 Å². The van der Waals surface area contributed by atoms with Crippen molar-refractivity contribution in [3.05, 3.63) is 57.1 Å². The highest BCUT2D eigenvalue weighted by Crippen LogP contribution is 2.65. The number of unbranched alkanes of at least 4 members (excludes halogenated alkanes) is 32. The van der Waals surface area contributed by atoms with Gasteiger partial charge in [0, 0.05) is 44.2 Å². The van der Waals surface area contributed by atoms with Gasteiger partial charge in [0.15, 0.2) is 0 Å². The minimum absolute atomic E-state index is 0.186. The summed E-state index contributed by atoms with van der Waals surface area (Å²) in [7, 11) is 0. The van der Waals surface area contributed by atoms with Crippen molar-refractivity contribution in [2.45, 2.75) is 309 Å². The molecule has 8 heteroatoms. The molecule has 2 heterocycles. The first kappa shape index (κ1) is 58.8. The van der Waals surface area contributed by atoms with Crippen LogP contribution in [0.4, 0.5) is 8.78 Å². The average Bonchev–Trinajstić information content (AvgIpc) is 4.28. The number of fused-ring (bicyclic) bond motifs is 10. The van der Waals surface area contributed by atoms with E-state index in [-0.39, 0.29) is 11.6 Å². The van der Waals surface area contributed by atoms with E-state index in [2.05, 4.69) is 53.7 Å². The summed E-state index contributed by atoms with van der Waals surface area (Å²) in [6.45, 7) is 13.4. The summed E-state index contributed by atoms with van der Waals surface area (Å²) >= 11 is 2.44. The highest BCUT2D eigenvalue weighted by Gasteiger charge is 2.54. The smallest absolute Gasteiger partial charge is 0.136 e. The zero-order chi connectivity index (χ0) is 52.2. The molecule has 0 radical (unpaired) electrons. The first-order valence-electron chi connectivity index (χ1n) is 31.4.